The molecule has 0 radical (unpaired) electrons. The molecular weight excluding hydrogens is 614 g/mol. The normalized spacial score (nSPS) is 22.9. The molecule has 0 spiro atoms. The number of aliphatic hydroxyl groups excluding tert-OH is 1. The molecule has 244 valence electrons. The molecule has 0 bridgehead atoms. The van der Waals surface area contributed by atoms with Crippen LogP contribution in [-0.4, -0.2) is 43.7 Å². The zero-order valence-corrected chi connectivity index (χ0v) is 26.9. The fraction of sp³-hybridized carbons (Fsp3) is 0.351. The van der Waals surface area contributed by atoms with Gasteiger partial charge in [-0.25, -0.2) is 4.39 Å². The molecule has 1 saturated heterocycles. The predicted octanol–water partition coefficient (Wildman–Crippen LogP) is 7.60. The van der Waals surface area contributed by atoms with Gasteiger partial charge in [-0.3, -0.25) is 0 Å². The van der Waals surface area contributed by atoms with Crippen molar-refractivity contribution < 1.29 is 37.6 Å². The number of halogens is 3. The van der Waals surface area contributed by atoms with Gasteiger partial charge in [0.05, 0.1) is 38.6 Å². The molecular formula is C37H39ClF2O6. The van der Waals surface area contributed by atoms with E-state index in [1.807, 2.05) is 67.6 Å². The fourth-order valence-corrected chi connectivity index (χ4v) is 6.08. The monoisotopic (exact) mass is 652 g/mol. The largest absolute Gasteiger partial charge is 0.491 e. The number of benzene rings is 4. The number of methoxy groups -OCH3 is 1. The topological polar surface area (TPSA) is 66.4 Å². The Morgan fingerprint density at radius 1 is 0.848 bits per heavy atom. The first-order valence-corrected chi connectivity index (χ1v) is 15.7. The SMILES string of the molecule is CCOc1ccc(Cc2cc([C@]3(OC)O[C@H](CO)[C@@H](C)[C@H](OCc4ccccc4)[C@H]3OCc3ccccc3)ccc2Cl)c(F)c1F. The average molecular weight is 653 g/mol. The molecule has 4 aromatic carbocycles. The number of ether oxygens (including phenoxy) is 5. The minimum Gasteiger partial charge on any atom is -0.491 e. The highest BCUT2D eigenvalue weighted by Crippen LogP contribution is 2.45. The van der Waals surface area contributed by atoms with E-state index in [0.29, 0.717) is 22.8 Å². The highest BCUT2D eigenvalue weighted by Gasteiger charge is 2.56. The maximum absolute atomic E-state index is 15.1. The third-order valence-electron chi connectivity index (χ3n) is 8.40. The van der Waals surface area contributed by atoms with Crippen LogP contribution in [0, 0.1) is 17.6 Å². The summed E-state index contributed by atoms with van der Waals surface area (Å²) in [6.45, 7) is 4.10. The molecule has 0 aromatic heterocycles. The second kappa shape index (κ2) is 15.5. The Morgan fingerprint density at radius 3 is 2.11 bits per heavy atom. The van der Waals surface area contributed by atoms with Crippen molar-refractivity contribution in [3.8, 4) is 5.75 Å². The maximum atomic E-state index is 15.1. The summed E-state index contributed by atoms with van der Waals surface area (Å²) in [5.74, 6) is -4.05. The van der Waals surface area contributed by atoms with Gasteiger partial charge in [0.25, 0.3) is 0 Å². The van der Waals surface area contributed by atoms with Crippen LogP contribution in [0.4, 0.5) is 8.78 Å². The van der Waals surface area contributed by atoms with Crippen LogP contribution in [0.5, 0.6) is 5.75 Å². The first kappa shape index (κ1) is 34.0. The van der Waals surface area contributed by atoms with Crippen molar-refractivity contribution in [3.63, 3.8) is 0 Å². The van der Waals surface area contributed by atoms with E-state index in [9.17, 15) is 9.50 Å². The van der Waals surface area contributed by atoms with Gasteiger partial charge in [0, 0.05) is 30.0 Å². The summed E-state index contributed by atoms with van der Waals surface area (Å²) in [7, 11) is 1.51. The van der Waals surface area contributed by atoms with E-state index in [1.54, 1.807) is 25.1 Å². The molecule has 5 atom stereocenters. The van der Waals surface area contributed by atoms with Gasteiger partial charge in [-0.1, -0.05) is 91.3 Å². The summed E-state index contributed by atoms with van der Waals surface area (Å²) in [6.07, 6.45) is -2.07. The van der Waals surface area contributed by atoms with Crippen LogP contribution >= 0.6 is 11.6 Å². The third-order valence-corrected chi connectivity index (χ3v) is 8.77. The van der Waals surface area contributed by atoms with Crippen molar-refractivity contribution in [2.24, 2.45) is 5.92 Å². The quantitative estimate of drug-likeness (QED) is 0.160. The van der Waals surface area contributed by atoms with Gasteiger partial charge in [0.1, 0.15) is 6.10 Å². The zero-order valence-electron chi connectivity index (χ0n) is 26.1. The van der Waals surface area contributed by atoms with Crippen LogP contribution in [0.15, 0.2) is 91.0 Å². The molecule has 1 N–H and O–H groups in total. The molecule has 0 amide bonds. The molecule has 0 aliphatic carbocycles. The molecule has 1 heterocycles. The molecule has 4 aromatic rings. The Balaban J connectivity index is 1.55. The molecule has 1 aliphatic heterocycles. The Labute approximate surface area is 273 Å². The van der Waals surface area contributed by atoms with Gasteiger partial charge in [-0.2, -0.15) is 4.39 Å². The Kier molecular flexibility index (Phi) is 11.4. The Hall–Kier alpha value is -3.37. The first-order chi connectivity index (χ1) is 22.3. The Morgan fingerprint density at radius 2 is 1.50 bits per heavy atom. The molecule has 6 nitrogen and oxygen atoms in total. The molecule has 1 fully saturated rings. The lowest BCUT2D eigenvalue weighted by Crippen LogP contribution is -2.62. The Bertz CT molecular complexity index is 1570. The van der Waals surface area contributed by atoms with Gasteiger partial charge < -0.3 is 28.8 Å². The van der Waals surface area contributed by atoms with Gasteiger partial charge >= 0.3 is 0 Å². The highest BCUT2D eigenvalue weighted by atomic mass is 35.5. The molecule has 1 aliphatic rings. The van der Waals surface area contributed by atoms with E-state index in [2.05, 4.69) is 0 Å². The van der Waals surface area contributed by atoms with Crippen molar-refractivity contribution in [3.05, 3.63) is 135 Å². The molecule has 9 heteroatoms. The van der Waals surface area contributed by atoms with Gasteiger partial charge in [0.15, 0.2) is 11.6 Å². The lowest BCUT2D eigenvalue weighted by atomic mass is 9.82. The van der Waals surface area contributed by atoms with Crippen molar-refractivity contribution in [2.75, 3.05) is 20.3 Å². The summed E-state index contributed by atoms with van der Waals surface area (Å²) in [5, 5.41) is 10.8. The van der Waals surface area contributed by atoms with Gasteiger partial charge in [-0.15, -0.1) is 0 Å². The predicted molar refractivity (Wildman–Crippen MR) is 172 cm³/mol. The second-order valence-corrected chi connectivity index (χ2v) is 11.7. The summed E-state index contributed by atoms with van der Waals surface area (Å²) in [5.41, 5.74) is 3.07. The lowest BCUT2D eigenvalue weighted by Gasteiger charge is -2.51. The van der Waals surface area contributed by atoms with E-state index in [4.69, 9.17) is 35.3 Å². The third kappa shape index (κ3) is 7.28. The van der Waals surface area contributed by atoms with Gasteiger partial charge in [0.2, 0.25) is 11.6 Å². The molecule has 0 unspecified atom stereocenters. The van der Waals surface area contributed by atoms with E-state index in [1.165, 1.54) is 19.2 Å². The van der Waals surface area contributed by atoms with Crippen molar-refractivity contribution in [2.45, 2.75) is 57.6 Å². The second-order valence-electron chi connectivity index (χ2n) is 11.3. The summed E-state index contributed by atoms with van der Waals surface area (Å²) < 4.78 is 61.1. The summed E-state index contributed by atoms with van der Waals surface area (Å²) in [4.78, 5) is 0. The van der Waals surface area contributed by atoms with Crippen LogP contribution in [-0.2, 0) is 44.4 Å². The van der Waals surface area contributed by atoms with E-state index in [-0.39, 0.29) is 43.5 Å². The molecule has 0 saturated carbocycles. The van der Waals surface area contributed by atoms with Crippen LogP contribution in [0.3, 0.4) is 0 Å². The van der Waals surface area contributed by atoms with E-state index >= 15 is 4.39 Å². The fourth-order valence-electron chi connectivity index (χ4n) is 5.90. The standard InChI is InChI=1S/C37H39ClF2O6/c1-4-43-31-18-15-27(33(39)34(31)40)19-28-20-29(16-17-30(28)38)37(42-3)36(45-23-26-13-9-6-10-14-26)35(24(2)32(21-41)46-37)44-22-25-11-7-5-8-12-25/h5-18,20,24,32,35-36,41H,4,19,21-23H2,1-3H3/t24-,32-,35+,36-,37+/m1/s1. The van der Waals surface area contributed by atoms with E-state index < -0.39 is 35.7 Å². The average Bonchev–Trinajstić information content (AvgIpc) is 3.08. The van der Waals surface area contributed by atoms with Crippen molar-refractivity contribution in [1.82, 2.24) is 0 Å². The minimum absolute atomic E-state index is 0.00900. The zero-order chi connectivity index (χ0) is 32.7. The van der Waals surface area contributed by atoms with Crippen molar-refractivity contribution >= 4 is 11.6 Å². The smallest absolute Gasteiger partial charge is 0.224 e. The van der Waals surface area contributed by atoms with Gasteiger partial charge in [-0.05, 0) is 47.4 Å². The van der Waals surface area contributed by atoms with Crippen molar-refractivity contribution in [1.29, 1.82) is 0 Å². The number of hydrogen-bond donors (Lipinski definition) is 1. The van der Waals surface area contributed by atoms with Crippen LogP contribution in [0.25, 0.3) is 0 Å². The highest BCUT2D eigenvalue weighted by molar-refractivity contribution is 6.31. The molecule has 46 heavy (non-hydrogen) atoms. The lowest BCUT2D eigenvalue weighted by molar-refractivity contribution is -0.372. The number of aliphatic hydroxyl groups is 1. The first-order valence-electron chi connectivity index (χ1n) is 15.3. The van der Waals surface area contributed by atoms with Crippen LogP contribution in [0.1, 0.15) is 41.7 Å². The number of hydrogen-bond acceptors (Lipinski definition) is 6. The summed E-state index contributed by atoms with van der Waals surface area (Å²) >= 11 is 6.63. The number of rotatable bonds is 13. The van der Waals surface area contributed by atoms with E-state index in [0.717, 1.165) is 11.1 Å². The van der Waals surface area contributed by atoms with Crippen LogP contribution < -0.4 is 4.74 Å². The molecule has 5 rings (SSSR count). The van der Waals surface area contributed by atoms with Crippen LogP contribution in [0.2, 0.25) is 5.02 Å². The summed E-state index contributed by atoms with van der Waals surface area (Å²) in [6, 6.07) is 27.6. The minimum atomic E-state index is -1.56. The maximum Gasteiger partial charge on any atom is 0.224 e.